The topological polar surface area (TPSA) is 108 Å². The van der Waals surface area contributed by atoms with Gasteiger partial charge in [-0.15, -0.1) is 5.10 Å². The Morgan fingerprint density at radius 3 is 2.75 bits per heavy atom. The number of carbonyl (C=O) groups excluding carboxylic acids is 1. The second-order valence-corrected chi connectivity index (χ2v) is 5.08. The predicted molar refractivity (Wildman–Crippen MR) is 88.7 cm³/mol. The zero-order valence-corrected chi connectivity index (χ0v) is 12.6. The largest absolute Gasteiger partial charge is 0.502 e. The Kier molecular flexibility index (Phi) is 3.78. The van der Waals surface area contributed by atoms with E-state index in [0.29, 0.717) is 11.1 Å². The number of phenols is 1. The van der Waals surface area contributed by atoms with E-state index >= 15 is 0 Å². The van der Waals surface area contributed by atoms with Gasteiger partial charge in [-0.1, -0.05) is 18.2 Å². The fraction of sp³-hybridized carbons (Fsp3) is 0.0625. The third-order valence-electron chi connectivity index (χ3n) is 3.59. The first kappa shape index (κ1) is 15.3. The first-order valence-corrected chi connectivity index (χ1v) is 6.95. The summed E-state index contributed by atoms with van der Waals surface area (Å²) in [5, 5.41) is 28.0. The summed E-state index contributed by atoms with van der Waals surface area (Å²) in [6, 6.07) is 11.0. The minimum atomic E-state index is -0.690. The number of aromatic hydroxyl groups is 1. The Morgan fingerprint density at radius 1 is 1.25 bits per heavy atom. The van der Waals surface area contributed by atoms with Crippen LogP contribution in [0.2, 0.25) is 0 Å². The van der Waals surface area contributed by atoms with Crippen LogP contribution >= 0.6 is 0 Å². The van der Waals surface area contributed by atoms with Gasteiger partial charge >= 0.3 is 5.69 Å². The van der Waals surface area contributed by atoms with Gasteiger partial charge in [0.05, 0.1) is 16.8 Å². The van der Waals surface area contributed by atoms with Gasteiger partial charge in [-0.05, 0) is 18.2 Å². The van der Waals surface area contributed by atoms with Crippen LogP contribution in [0.5, 0.6) is 5.75 Å². The number of phenolic OH excluding ortho intramolecular Hbond substituents is 1. The van der Waals surface area contributed by atoms with Gasteiger partial charge in [-0.2, -0.15) is 5.10 Å². The molecule has 0 fully saturated rings. The van der Waals surface area contributed by atoms with Crippen LogP contribution in [0.4, 0.5) is 11.4 Å². The number of hydrogen-bond donors (Lipinski definition) is 1. The van der Waals surface area contributed by atoms with E-state index in [4.69, 9.17) is 0 Å². The summed E-state index contributed by atoms with van der Waals surface area (Å²) in [5.74, 6) is -0.699. The molecular formula is C16H12N4O4. The second kappa shape index (κ2) is 5.92. The van der Waals surface area contributed by atoms with Crippen molar-refractivity contribution >= 4 is 29.2 Å². The van der Waals surface area contributed by atoms with Crippen molar-refractivity contribution in [3.63, 3.8) is 0 Å². The molecule has 0 radical (unpaired) electrons. The van der Waals surface area contributed by atoms with Crippen LogP contribution in [0.1, 0.15) is 11.1 Å². The summed E-state index contributed by atoms with van der Waals surface area (Å²) in [6.45, 7) is 0. The van der Waals surface area contributed by atoms with Crippen molar-refractivity contribution in [2.24, 2.45) is 10.2 Å². The number of amides is 1. The van der Waals surface area contributed by atoms with E-state index in [0.717, 1.165) is 5.69 Å². The second-order valence-electron chi connectivity index (χ2n) is 5.08. The maximum atomic E-state index is 12.2. The van der Waals surface area contributed by atoms with Gasteiger partial charge in [0.15, 0.2) is 11.5 Å². The Hall–Kier alpha value is -3.55. The van der Waals surface area contributed by atoms with E-state index in [1.54, 1.807) is 19.2 Å². The van der Waals surface area contributed by atoms with E-state index in [9.17, 15) is 20.0 Å². The van der Waals surface area contributed by atoms with Crippen LogP contribution in [0, 0.1) is 10.1 Å². The normalized spacial score (nSPS) is 15.3. The van der Waals surface area contributed by atoms with Gasteiger partial charge in [-0.25, -0.2) is 0 Å². The summed E-state index contributed by atoms with van der Waals surface area (Å²) >= 11 is 0. The van der Waals surface area contributed by atoms with Gasteiger partial charge in [-0.3, -0.25) is 14.9 Å². The first-order valence-electron chi connectivity index (χ1n) is 6.95. The number of hydrogen-bond acceptors (Lipinski definition) is 6. The van der Waals surface area contributed by atoms with Crippen molar-refractivity contribution in [2.45, 2.75) is 0 Å². The maximum Gasteiger partial charge on any atom is 0.311 e. The van der Waals surface area contributed by atoms with Crippen molar-refractivity contribution < 1.29 is 14.8 Å². The summed E-state index contributed by atoms with van der Waals surface area (Å²) in [7, 11) is 1.65. The molecule has 0 aliphatic carbocycles. The molecule has 0 bridgehead atoms. The van der Waals surface area contributed by atoms with Crippen molar-refractivity contribution in [2.75, 3.05) is 11.9 Å². The van der Waals surface area contributed by atoms with Crippen molar-refractivity contribution in [1.82, 2.24) is 0 Å². The lowest BCUT2D eigenvalue weighted by atomic mass is 10.1. The highest BCUT2D eigenvalue weighted by molar-refractivity contribution is 6.54. The van der Waals surface area contributed by atoms with Crippen molar-refractivity contribution in [3.8, 4) is 5.75 Å². The molecule has 0 saturated heterocycles. The number of likely N-dealkylation sites (N-methyl/N-ethyl adjacent to an activating group) is 1. The van der Waals surface area contributed by atoms with Crippen LogP contribution in [-0.4, -0.2) is 34.9 Å². The highest BCUT2D eigenvalue weighted by Gasteiger charge is 2.30. The van der Waals surface area contributed by atoms with E-state index < -0.39 is 16.4 Å². The quantitative estimate of drug-likeness (QED) is 0.529. The monoisotopic (exact) mass is 324 g/mol. The number of nitrogens with zero attached hydrogens (tertiary/aromatic N) is 4. The third kappa shape index (κ3) is 2.60. The number of para-hydroxylation sites is 1. The molecule has 2 aromatic rings. The molecule has 3 rings (SSSR count). The van der Waals surface area contributed by atoms with Crippen LogP contribution in [-0.2, 0) is 4.79 Å². The lowest BCUT2D eigenvalue weighted by molar-refractivity contribution is -0.385. The van der Waals surface area contributed by atoms with Gasteiger partial charge in [0.25, 0.3) is 5.91 Å². The number of nitro groups is 1. The van der Waals surface area contributed by atoms with Crippen molar-refractivity contribution in [1.29, 1.82) is 0 Å². The van der Waals surface area contributed by atoms with Gasteiger partial charge < -0.3 is 10.0 Å². The van der Waals surface area contributed by atoms with Crippen LogP contribution in [0.3, 0.4) is 0 Å². The number of carbonyl (C=O) groups is 1. The SMILES string of the molecule is CN1C(=O)/C(=N/N=C/c2ccc(O)c([N+](=O)[O-])c2)c2ccccc21. The highest BCUT2D eigenvalue weighted by Crippen LogP contribution is 2.28. The summed E-state index contributed by atoms with van der Waals surface area (Å²) < 4.78 is 0. The molecule has 0 spiro atoms. The summed E-state index contributed by atoms with van der Waals surface area (Å²) in [4.78, 5) is 23.8. The molecular weight excluding hydrogens is 312 g/mol. The number of rotatable bonds is 3. The molecule has 2 aromatic carbocycles. The molecule has 1 heterocycles. The van der Waals surface area contributed by atoms with Crippen molar-refractivity contribution in [3.05, 3.63) is 63.7 Å². The summed E-state index contributed by atoms with van der Waals surface area (Å²) in [5.41, 5.74) is 1.60. The van der Waals surface area contributed by atoms with Crippen LogP contribution < -0.4 is 4.90 Å². The van der Waals surface area contributed by atoms with Gasteiger partial charge in [0.1, 0.15) is 0 Å². The predicted octanol–water partition coefficient (Wildman–Crippen LogP) is 2.10. The van der Waals surface area contributed by atoms with E-state index in [-0.39, 0.29) is 11.6 Å². The zero-order valence-electron chi connectivity index (χ0n) is 12.6. The van der Waals surface area contributed by atoms with Gasteiger partial charge in [0, 0.05) is 24.2 Å². The number of anilines is 1. The number of fused-ring (bicyclic) bond motifs is 1. The Bertz CT molecular complexity index is 905. The molecule has 1 N–H and O–H groups in total. The molecule has 24 heavy (non-hydrogen) atoms. The number of nitro benzene ring substituents is 1. The molecule has 0 atom stereocenters. The number of benzene rings is 2. The summed E-state index contributed by atoms with van der Waals surface area (Å²) in [6.07, 6.45) is 1.29. The molecule has 0 saturated carbocycles. The molecule has 1 aliphatic rings. The lowest BCUT2D eigenvalue weighted by Gasteiger charge is -2.07. The smallest absolute Gasteiger partial charge is 0.311 e. The molecule has 0 aromatic heterocycles. The molecule has 8 nitrogen and oxygen atoms in total. The standard InChI is InChI=1S/C16H12N4O4/c1-19-12-5-3-2-4-11(12)15(16(19)22)18-17-9-10-6-7-14(21)13(8-10)20(23)24/h2-9,21H,1H3/b17-9+,18-15+. The Morgan fingerprint density at radius 2 is 2.00 bits per heavy atom. The molecule has 120 valence electrons. The Balaban J connectivity index is 1.91. The molecule has 1 amide bonds. The maximum absolute atomic E-state index is 12.2. The molecule has 0 unspecified atom stereocenters. The fourth-order valence-electron chi connectivity index (χ4n) is 2.37. The van der Waals surface area contributed by atoms with E-state index in [1.807, 2.05) is 12.1 Å². The van der Waals surface area contributed by atoms with E-state index in [1.165, 1.54) is 29.3 Å². The lowest BCUT2D eigenvalue weighted by Crippen LogP contribution is -2.25. The minimum absolute atomic E-state index is 0.206. The van der Waals surface area contributed by atoms with Crippen LogP contribution in [0.15, 0.2) is 52.7 Å². The molecule has 8 heteroatoms. The zero-order chi connectivity index (χ0) is 17.3. The average Bonchev–Trinajstić information content (AvgIpc) is 2.81. The first-order chi connectivity index (χ1) is 11.5. The third-order valence-corrected chi connectivity index (χ3v) is 3.59. The Labute approximate surface area is 136 Å². The van der Waals surface area contributed by atoms with Gasteiger partial charge in [0.2, 0.25) is 0 Å². The van der Waals surface area contributed by atoms with E-state index in [2.05, 4.69) is 10.2 Å². The fourth-order valence-corrected chi connectivity index (χ4v) is 2.37. The van der Waals surface area contributed by atoms with Crippen LogP contribution in [0.25, 0.3) is 0 Å². The highest BCUT2D eigenvalue weighted by atomic mass is 16.6. The average molecular weight is 324 g/mol. The minimum Gasteiger partial charge on any atom is -0.502 e. The molecule has 1 aliphatic heterocycles.